The number of esters is 1. The van der Waals surface area contributed by atoms with Gasteiger partial charge in [0.2, 0.25) is 0 Å². The third-order valence-corrected chi connectivity index (χ3v) is 13.7. The standard InChI is InChI=1S/C53H87N3O17/c1-33-19-15-13-11-9-7-5-6-8-10-12-14-16-20-40(72-52-50(66)47(49(65)36(4)71-52)56(25-17-23-54)26-18-24-55)30-44-46(51(67)68)43(62)32-53(69,73-44)31-39(59)28-42(61)41(60)22-21-37(57)27-38(58)29-45(63)70-35(3)34(2)48(33)64/h5-16,19-20,33-44,46-50,52,57-62,64-66,69H,17-18,21-32,54-55H2,1-4H3,(H,67,68)/t33-,34-,35-,36+,37+,38+,39-,40-,41+,42+,43-,44-,46+,47-,48+,49+,50-,52-,53+/m0/s1. The highest BCUT2D eigenvalue weighted by Crippen LogP contribution is 2.38. The Morgan fingerprint density at radius 1 is 0.671 bits per heavy atom. The molecular formula is C53H87N3O17. The number of nitrogens with two attached hydrogens (primary N) is 2. The van der Waals surface area contributed by atoms with E-state index in [-0.39, 0.29) is 31.6 Å². The van der Waals surface area contributed by atoms with Crippen LogP contribution in [0.15, 0.2) is 85.1 Å². The van der Waals surface area contributed by atoms with Crippen molar-refractivity contribution in [2.45, 2.75) is 189 Å². The molecule has 0 saturated carbocycles. The summed E-state index contributed by atoms with van der Waals surface area (Å²) in [6.07, 6.45) is 4.83. The zero-order valence-corrected chi connectivity index (χ0v) is 42.8. The Bertz CT molecular complexity index is 1820. The highest BCUT2D eigenvalue weighted by atomic mass is 16.7. The lowest BCUT2D eigenvalue weighted by Crippen LogP contribution is -2.64. The number of aliphatic hydroxyl groups excluding tert-OH is 9. The third kappa shape index (κ3) is 21.9. The number of cyclic esters (lactones) is 1. The molecular weight excluding hydrogens is 951 g/mol. The number of ether oxygens (including phenoxy) is 4. The maximum absolute atomic E-state index is 12.7. The van der Waals surface area contributed by atoms with Gasteiger partial charge in [0.05, 0.1) is 79.6 Å². The smallest absolute Gasteiger partial charge is 0.311 e. The molecule has 3 rings (SSSR count). The summed E-state index contributed by atoms with van der Waals surface area (Å²) in [6.45, 7) is 8.44. The zero-order valence-electron chi connectivity index (χ0n) is 42.8. The van der Waals surface area contributed by atoms with E-state index in [1.165, 1.54) is 0 Å². The van der Waals surface area contributed by atoms with Gasteiger partial charge < -0.3 is 86.6 Å². The fourth-order valence-corrected chi connectivity index (χ4v) is 9.34. The van der Waals surface area contributed by atoms with Crippen molar-refractivity contribution in [1.82, 2.24) is 4.90 Å². The summed E-state index contributed by atoms with van der Waals surface area (Å²) in [5, 5.41) is 121. The summed E-state index contributed by atoms with van der Waals surface area (Å²) in [5.74, 6) is -6.87. The highest BCUT2D eigenvalue weighted by molar-refractivity contribution is 5.71. The highest BCUT2D eigenvalue weighted by Gasteiger charge is 2.51. The summed E-state index contributed by atoms with van der Waals surface area (Å²) >= 11 is 0. The molecule has 0 aromatic carbocycles. The average Bonchev–Trinajstić information content (AvgIpc) is 3.31. The van der Waals surface area contributed by atoms with Gasteiger partial charge in [-0.15, -0.1) is 0 Å². The largest absolute Gasteiger partial charge is 0.481 e. The van der Waals surface area contributed by atoms with E-state index in [9.17, 15) is 65.8 Å². The number of carbonyl (C=O) groups excluding carboxylic acids is 1. The molecule has 3 aliphatic rings. The third-order valence-electron chi connectivity index (χ3n) is 13.7. The Morgan fingerprint density at radius 2 is 1.23 bits per heavy atom. The number of rotatable bonds is 10. The van der Waals surface area contributed by atoms with Crippen LogP contribution in [0.5, 0.6) is 0 Å². The van der Waals surface area contributed by atoms with Crippen molar-refractivity contribution in [3.05, 3.63) is 85.1 Å². The molecule has 2 fully saturated rings. The monoisotopic (exact) mass is 1040 g/mol. The molecule has 73 heavy (non-hydrogen) atoms. The lowest BCUT2D eigenvalue weighted by atomic mass is 9.82. The van der Waals surface area contributed by atoms with Gasteiger partial charge >= 0.3 is 11.9 Å². The topological polar surface area (TPSA) is 349 Å². The molecule has 3 aliphatic heterocycles. The number of fused-ring (bicyclic) bond motifs is 2. The Balaban J connectivity index is 1.94. The van der Waals surface area contributed by atoms with E-state index in [0.29, 0.717) is 39.0 Å². The molecule has 0 unspecified atom stereocenters. The number of aliphatic hydroxyl groups is 10. The van der Waals surface area contributed by atoms with Gasteiger partial charge in [-0.3, -0.25) is 14.5 Å². The molecule has 0 aromatic heterocycles. The number of hydrogen-bond donors (Lipinski definition) is 13. The lowest BCUT2D eigenvalue weighted by molar-refractivity contribution is -0.312. The van der Waals surface area contributed by atoms with Crippen LogP contribution in [-0.2, 0) is 28.5 Å². The van der Waals surface area contributed by atoms with Crippen LogP contribution in [0, 0.1) is 17.8 Å². The first-order chi connectivity index (χ1) is 34.6. The van der Waals surface area contributed by atoms with E-state index in [1.54, 1.807) is 75.5 Å². The minimum atomic E-state index is -2.34. The van der Waals surface area contributed by atoms with Gasteiger partial charge in [0.15, 0.2) is 12.1 Å². The van der Waals surface area contributed by atoms with E-state index < -0.39 is 147 Å². The van der Waals surface area contributed by atoms with Gasteiger partial charge in [-0.1, -0.05) is 98.9 Å². The van der Waals surface area contributed by atoms with Crippen molar-refractivity contribution in [2.75, 3.05) is 26.2 Å². The number of nitrogens with zero attached hydrogens (tertiary/aromatic N) is 1. The number of carboxylic acid groups (broad SMARTS) is 1. The molecule has 3 heterocycles. The maximum atomic E-state index is 12.7. The van der Waals surface area contributed by atoms with Crippen LogP contribution in [0.3, 0.4) is 0 Å². The maximum Gasteiger partial charge on any atom is 0.311 e. The Morgan fingerprint density at radius 3 is 1.79 bits per heavy atom. The molecule has 2 bridgehead atoms. The Kier molecular flexibility index (Phi) is 28.7. The van der Waals surface area contributed by atoms with E-state index >= 15 is 0 Å². The predicted molar refractivity (Wildman–Crippen MR) is 272 cm³/mol. The van der Waals surface area contributed by atoms with Crippen molar-refractivity contribution in [1.29, 1.82) is 0 Å². The van der Waals surface area contributed by atoms with Crippen LogP contribution in [0.4, 0.5) is 0 Å². The normalized spacial score (nSPS) is 38.8. The number of carboxylic acids is 1. The number of allylic oxidation sites excluding steroid dienone is 12. The van der Waals surface area contributed by atoms with Crippen molar-refractivity contribution >= 4 is 11.9 Å². The van der Waals surface area contributed by atoms with Crippen LogP contribution >= 0.6 is 0 Å². The first-order valence-corrected chi connectivity index (χ1v) is 25.7. The molecule has 19 atom stereocenters. The molecule has 0 radical (unpaired) electrons. The minimum absolute atomic E-state index is 0.112. The number of aliphatic carboxylic acids is 1. The van der Waals surface area contributed by atoms with Crippen LogP contribution in [0.25, 0.3) is 0 Å². The van der Waals surface area contributed by atoms with E-state index in [2.05, 4.69) is 0 Å². The van der Waals surface area contributed by atoms with Crippen molar-refractivity contribution < 1.29 is 84.7 Å². The van der Waals surface area contributed by atoms with Crippen LogP contribution in [0.2, 0.25) is 0 Å². The Labute approximate surface area is 430 Å². The first kappa shape index (κ1) is 63.8. The van der Waals surface area contributed by atoms with Gasteiger partial charge in [-0.05, 0) is 72.1 Å². The second-order valence-electron chi connectivity index (χ2n) is 19.8. The van der Waals surface area contributed by atoms with E-state index in [0.717, 1.165) is 0 Å². The van der Waals surface area contributed by atoms with Gasteiger partial charge in [-0.2, -0.15) is 0 Å². The molecule has 416 valence electrons. The summed E-state index contributed by atoms with van der Waals surface area (Å²) in [6, 6.07) is -0.868. The Hall–Kier alpha value is -3.52. The molecule has 15 N–H and O–H groups in total. The summed E-state index contributed by atoms with van der Waals surface area (Å²) in [7, 11) is 0. The molecule has 20 nitrogen and oxygen atoms in total. The SMILES string of the molecule is C[C@@H]1[C@H](O)[C@@H](C)C=CC=CC=CC=CC=CC=CC=C[C@H](O[C@@H]2O[C@H](C)[C@@H](O)[C@H](N(CCCN)CCCN)[C@@H]2O)C[C@@H]2O[C@](O)(C[C@@H](O)C[C@@H](O)[C@H](O)CC[C@@H](O)C[C@@H](O)CC(=O)O[C@H]1C)C[C@H](O)[C@H]2C(=O)O. The molecule has 0 amide bonds. The van der Waals surface area contributed by atoms with Gasteiger partial charge in [0.25, 0.3) is 0 Å². The van der Waals surface area contributed by atoms with E-state index in [4.69, 9.17) is 30.4 Å². The minimum Gasteiger partial charge on any atom is -0.481 e. The first-order valence-electron chi connectivity index (χ1n) is 25.7. The van der Waals surface area contributed by atoms with Crippen molar-refractivity contribution in [3.8, 4) is 0 Å². The van der Waals surface area contributed by atoms with Gasteiger partial charge in [0.1, 0.15) is 18.1 Å². The molecule has 0 aromatic rings. The predicted octanol–water partition coefficient (Wildman–Crippen LogP) is 0.753. The molecule has 20 heteroatoms. The number of carbonyl (C=O) groups is 2. The lowest BCUT2D eigenvalue weighted by Gasteiger charge is -2.47. The molecule has 2 saturated heterocycles. The fraction of sp³-hybridized carbons (Fsp3) is 0.698. The zero-order chi connectivity index (χ0) is 54.3. The summed E-state index contributed by atoms with van der Waals surface area (Å²) < 4.78 is 23.9. The fourth-order valence-electron chi connectivity index (χ4n) is 9.34. The quantitative estimate of drug-likeness (QED) is 0.134. The second-order valence-corrected chi connectivity index (χ2v) is 19.8. The molecule has 0 aliphatic carbocycles. The van der Waals surface area contributed by atoms with Crippen LogP contribution in [0.1, 0.15) is 91.9 Å². The summed E-state index contributed by atoms with van der Waals surface area (Å²) in [4.78, 5) is 27.3. The summed E-state index contributed by atoms with van der Waals surface area (Å²) in [5.41, 5.74) is 11.6. The van der Waals surface area contributed by atoms with Crippen molar-refractivity contribution in [2.24, 2.45) is 29.2 Å². The average molecular weight is 1040 g/mol. The van der Waals surface area contributed by atoms with Gasteiger partial charge in [0, 0.05) is 37.5 Å². The van der Waals surface area contributed by atoms with Gasteiger partial charge in [-0.25, -0.2) is 0 Å². The van der Waals surface area contributed by atoms with Crippen molar-refractivity contribution in [3.63, 3.8) is 0 Å². The van der Waals surface area contributed by atoms with Crippen LogP contribution in [-0.4, -0.2) is 197 Å². The molecule has 0 spiro atoms. The second kappa shape index (κ2) is 32.8. The van der Waals surface area contributed by atoms with E-state index in [1.807, 2.05) is 42.2 Å². The number of hydrogen-bond acceptors (Lipinski definition) is 19. The van der Waals surface area contributed by atoms with Crippen LogP contribution < -0.4 is 11.5 Å².